The first-order valence-electron chi connectivity index (χ1n) is 6.03. The molecule has 0 aromatic carbocycles. The first kappa shape index (κ1) is 13.3. The maximum atomic E-state index is 11.5. The van der Waals surface area contributed by atoms with Crippen molar-refractivity contribution >= 4 is 6.03 Å². The number of aliphatic hydroxyl groups is 1. The molecule has 1 fully saturated rings. The van der Waals surface area contributed by atoms with Crippen LogP contribution in [0, 0.1) is 0 Å². The van der Waals surface area contributed by atoms with Crippen molar-refractivity contribution in [2.24, 2.45) is 0 Å². The molecule has 16 heavy (non-hydrogen) atoms. The van der Waals surface area contributed by atoms with Gasteiger partial charge in [0.1, 0.15) is 0 Å². The van der Waals surface area contributed by atoms with Gasteiger partial charge in [0, 0.05) is 25.8 Å². The lowest BCUT2D eigenvalue weighted by molar-refractivity contribution is 0.111. The molecule has 2 atom stereocenters. The largest absolute Gasteiger partial charge is 0.396 e. The van der Waals surface area contributed by atoms with Crippen LogP contribution < -0.4 is 10.6 Å². The Hall–Kier alpha value is -0.810. The van der Waals surface area contributed by atoms with Gasteiger partial charge in [-0.2, -0.15) is 0 Å². The van der Waals surface area contributed by atoms with Gasteiger partial charge in [-0.25, -0.2) is 4.79 Å². The number of amides is 2. The molecular weight excluding hydrogens is 208 g/mol. The summed E-state index contributed by atoms with van der Waals surface area (Å²) in [5, 5.41) is 14.4. The van der Waals surface area contributed by atoms with Crippen molar-refractivity contribution in [1.29, 1.82) is 0 Å². The molecule has 1 rings (SSSR count). The van der Waals surface area contributed by atoms with E-state index in [2.05, 4.69) is 10.6 Å². The van der Waals surface area contributed by atoms with E-state index in [1.54, 1.807) is 0 Å². The van der Waals surface area contributed by atoms with Gasteiger partial charge < -0.3 is 20.5 Å². The molecule has 2 unspecified atom stereocenters. The predicted octanol–water partition coefficient (Wildman–Crippen LogP) is 0.626. The van der Waals surface area contributed by atoms with Gasteiger partial charge in [-0.15, -0.1) is 0 Å². The molecule has 5 heteroatoms. The van der Waals surface area contributed by atoms with Crippen LogP contribution in [0.3, 0.4) is 0 Å². The van der Waals surface area contributed by atoms with Crippen LogP contribution >= 0.6 is 0 Å². The Labute approximate surface area is 96.6 Å². The molecule has 0 bridgehead atoms. The van der Waals surface area contributed by atoms with Crippen molar-refractivity contribution in [3.63, 3.8) is 0 Å². The van der Waals surface area contributed by atoms with Crippen molar-refractivity contribution in [3.8, 4) is 0 Å². The number of hydrogen-bond acceptors (Lipinski definition) is 3. The number of ether oxygens (including phenoxy) is 1. The van der Waals surface area contributed by atoms with E-state index in [1.807, 2.05) is 6.92 Å². The van der Waals surface area contributed by atoms with Gasteiger partial charge >= 0.3 is 6.03 Å². The second-order valence-corrected chi connectivity index (χ2v) is 4.11. The van der Waals surface area contributed by atoms with Crippen molar-refractivity contribution in [2.75, 3.05) is 19.8 Å². The number of nitrogens with one attached hydrogen (secondary N) is 2. The monoisotopic (exact) mass is 230 g/mol. The van der Waals surface area contributed by atoms with Crippen molar-refractivity contribution < 1.29 is 14.6 Å². The van der Waals surface area contributed by atoms with E-state index < -0.39 is 0 Å². The second-order valence-electron chi connectivity index (χ2n) is 4.11. The summed E-state index contributed by atoms with van der Waals surface area (Å²) in [5.41, 5.74) is 0. The Kier molecular flexibility index (Phi) is 6.18. The highest BCUT2D eigenvalue weighted by Gasteiger charge is 2.16. The normalized spacial score (nSPS) is 21.8. The molecule has 1 saturated heterocycles. The molecule has 1 aliphatic rings. The average molecular weight is 230 g/mol. The van der Waals surface area contributed by atoms with Crippen LogP contribution in [0.15, 0.2) is 0 Å². The summed E-state index contributed by atoms with van der Waals surface area (Å²) in [6, 6.07) is -0.120. The van der Waals surface area contributed by atoms with Crippen molar-refractivity contribution in [2.45, 2.75) is 44.8 Å². The van der Waals surface area contributed by atoms with Crippen LogP contribution in [-0.4, -0.2) is 43.0 Å². The number of carbonyl (C=O) groups is 1. The Balaban J connectivity index is 2.13. The van der Waals surface area contributed by atoms with Crippen LogP contribution in [-0.2, 0) is 4.74 Å². The second kappa shape index (κ2) is 7.46. The first-order valence-corrected chi connectivity index (χ1v) is 6.03. The fourth-order valence-electron chi connectivity index (χ4n) is 1.78. The summed E-state index contributed by atoms with van der Waals surface area (Å²) < 4.78 is 5.40. The predicted molar refractivity (Wildman–Crippen MR) is 61.3 cm³/mol. The summed E-state index contributed by atoms with van der Waals surface area (Å²) in [5.74, 6) is 0. The average Bonchev–Trinajstić information content (AvgIpc) is 2.78. The number of hydrogen-bond donors (Lipinski definition) is 3. The van der Waals surface area contributed by atoms with Gasteiger partial charge in [0.05, 0.1) is 6.10 Å². The minimum Gasteiger partial charge on any atom is -0.396 e. The van der Waals surface area contributed by atoms with Gasteiger partial charge in [0.2, 0.25) is 0 Å². The summed E-state index contributed by atoms with van der Waals surface area (Å²) >= 11 is 0. The van der Waals surface area contributed by atoms with Crippen molar-refractivity contribution in [3.05, 3.63) is 0 Å². The molecule has 0 aromatic rings. The van der Waals surface area contributed by atoms with Gasteiger partial charge in [0.25, 0.3) is 0 Å². The summed E-state index contributed by atoms with van der Waals surface area (Å²) in [7, 11) is 0. The molecule has 1 heterocycles. The molecule has 0 radical (unpaired) electrons. The highest BCUT2D eigenvalue weighted by molar-refractivity contribution is 5.74. The molecule has 0 spiro atoms. The third-order valence-electron chi connectivity index (χ3n) is 2.82. The Morgan fingerprint density at radius 2 is 2.44 bits per heavy atom. The van der Waals surface area contributed by atoms with E-state index in [4.69, 9.17) is 9.84 Å². The molecule has 0 aliphatic carbocycles. The molecule has 2 amide bonds. The standard InChI is InChI=1S/C11H22N2O3/c1-2-9(5-6-14)13-11(15)12-8-10-4-3-7-16-10/h9-10,14H,2-8H2,1H3,(H2,12,13,15). The van der Waals surface area contributed by atoms with Gasteiger partial charge in [-0.05, 0) is 25.7 Å². The maximum Gasteiger partial charge on any atom is 0.315 e. The Morgan fingerprint density at radius 1 is 1.62 bits per heavy atom. The van der Waals surface area contributed by atoms with E-state index in [0.29, 0.717) is 13.0 Å². The smallest absolute Gasteiger partial charge is 0.315 e. The van der Waals surface area contributed by atoms with E-state index in [0.717, 1.165) is 25.9 Å². The van der Waals surface area contributed by atoms with E-state index in [1.165, 1.54) is 0 Å². The fourth-order valence-corrected chi connectivity index (χ4v) is 1.78. The number of rotatable bonds is 6. The zero-order valence-corrected chi connectivity index (χ0v) is 9.87. The third kappa shape index (κ3) is 4.81. The third-order valence-corrected chi connectivity index (χ3v) is 2.82. The Morgan fingerprint density at radius 3 is 3.00 bits per heavy atom. The van der Waals surface area contributed by atoms with Gasteiger partial charge in [-0.1, -0.05) is 6.92 Å². The molecule has 1 aliphatic heterocycles. The zero-order chi connectivity index (χ0) is 11.8. The van der Waals surface area contributed by atoms with Crippen LogP contribution in [0.1, 0.15) is 32.6 Å². The van der Waals surface area contributed by atoms with Gasteiger partial charge in [-0.3, -0.25) is 0 Å². The van der Waals surface area contributed by atoms with Crippen LogP contribution in [0.2, 0.25) is 0 Å². The topological polar surface area (TPSA) is 70.6 Å². The van der Waals surface area contributed by atoms with E-state index >= 15 is 0 Å². The highest BCUT2D eigenvalue weighted by atomic mass is 16.5. The molecular formula is C11H22N2O3. The quantitative estimate of drug-likeness (QED) is 0.626. The van der Waals surface area contributed by atoms with Crippen LogP contribution in [0.25, 0.3) is 0 Å². The van der Waals surface area contributed by atoms with Gasteiger partial charge in [0.15, 0.2) is 0 Å². The number of carbonyl (C=O) groups excluding carboxylic acids is 1. The van der Waals surface area contributed by atoms with Crippen LogP contribution in [0.5, 0.6) is 0 Å². The fraction of sp³-hybridized carbons (Fsp3) is 0.909. The number of urea groups is 1. The Bertz CT molecular complexity index is 205. The minimum atomic E-state index is -0.171. The maximum absolute atomic E-state index is 11.5. The zero-order valence-electron chi connectivity index (χ0n) is 9.87. The molecule has 94 valence electrons. The number of aliphatic hydroxyl groups excluding tert-OH is 1. The lowest BCUT2D eigenvalue weighted by atomic mass is 10.2. The molecule has 5 nitrogen and oxygen atoms in total. The first-order chi connectivity index (χ1) is 7.76. The van der Waals surface area contributed by atoms with Crippen LogP contribution in [0.4, 0.5) is 4.79 Å². The van der Waals surface area contributed by atoms with E-state index in [9.17, 15) is 4.79 Å². The lowest BCUT2D eigenvalue weighted by Gasteiger charge is -2.17. The molecule has 0 saturated carbocycles. The van der Waals surface area contributed by atoms with E-state index in [-0.39, 0.29) is 24.8 Å². The minimum absolute atomic E-state index is 0.0505. The summed E-state index contributed by atoms with van der Waals surface area (Å²) in [6.45, 7) is 3.46. The molecule has 0 aromatic heterocycles. The SMILES string of the molecule is CCC(CCO)NC(=O)NCC1CCCO1. The molecule has 3 N–H and O–H groups in total. The summed E-state index contributed by atoms with van der Waals surface area (Å²) in [4.78, 5) is 11.5. The van der Waals surface area contributed by atoms with Crippen molar-refractivity contribution in [1.82, 2.24) is 10.6 Å². The summed E-state index contributed by atoms with van der Waals surface area (Å²) in [6.07, 6.45) is 3.70. The lowest BCUT2D eigenvalue weighted by Crippen LogP contribution is -2.44. The highest BCUT2D eigenvalue weighted by Crippen LogP contribution is 2.10.